The minimum atomic E-state index is -1.03. The summed E-state index contributed by atoms with van der Waals surface area (Å²) >= 11 is 6.21. The standard InChI is InChI=1S/C18H26ClN3O3/c1-13(23)22-18(8-4-10-21-17(24)25,15-6-3-9-20-12-15)14-5-2-7-16(19)11-14/h2,5,7,11,15,20-21H,3-4,6,8-10,12H2,1H3,(H,22,23)(H,24,25)/t15-,18-/m1/s1. The summed E-state index contributed by atoms with van der Waals surface area (Å²) in [6.45, 7) is 3.64. The Morgan fingerprint density at radius 1 is 1.44 bits per heavy atom. The first-order valence-corrected chi connectivity index (χ1v) is 9.04. The number of halogens is 1. The van der Waals surface area contributed by atoms with E-state index in [2.05, 4.69) is 16.0 Å². The molecule has 1 fully saturated rings. The van der Waals surface area contributed by atoms with Crippen molar-refractivity contribution in [2.75, 3.05) is 19.6 Å². The first kappa shape index (κ1) is 19.5. The number of piperidine rings is 1. The number of rotatable bonds is 7. The molecule has 7 heteroatoms. The van der Waals surface area contributed by atoms with Gasteiger partial charge in [0.2, 0.25) is 5.91 Å². The van der Waals surface area contributed by atoms with Crippen LogP contribution in [0.5, 0.6) is 0 Å². The van der Waals surface area contributed by atoms with Crippen molar-refractivity contribution in [2.24, 2.45) is 5.92 Å². The monoisotopic (exact) mass is 367 g/mol. The molecule has 1 aliphatic heterocycles. The van der Waals surface area contributed by atoms with Crippen LogP contribution in [0.4, 0.5) is 4.79 Å². The van der Waals surface area contributed by atoms with E-state index in [9.17, 15) is 9.59 Å². The molecule has 1 aromatic rings. The van der Waals surface area contributed by atoms with Gasteiger partial charge in [-0.2, -0.15) is 0 Å². The third kappa shape index (κ3) is 5.34. The van der Waals surface area contributed by atoms with E-state index in [4.69, 9.17) is 16.7 Å². The van der Waals surface area contributed by atoms with Crippen LogP contribution in [-0.4, -0.2) is 36.7 Å². The average Bonchev–Trinajstić information content (AvgIpc) is 2.58. The van der Waals surface area contributed by atoms with Crippen LogP contribution in [0.25, 0.3) is 0 Å². The van der Waals surface area contributed by atoms with Crippen LogP contribution in [0.3, 0.4) is 0 Å². The van der Waals surface area contributed by atoms with Crippen LogP contribution in [0.2, 0.25) is 5.02 Å². The molecule has 138 valence electrons. The van der Waals surface area contributed by atoms with Gasteiger partial charge in [-0.25, -0.2) is 4.79 Å². The third-order valence-corrected chi connectivity index (χ3v) is 4.99. The molecule has 2 amide bonds. The number of nitrogens with one attached hydrogen (secondary N) is 3. The first-order chi connectivity index (χ1) is 11.9. The van der Waals surface area contributed by atoms with Gasteiger partial charge in [0.15, 0.2) is 0 Å². The lowest BCUT2D eigenvalue weighted by Crippen LogP contribution is -2.55. The highest BCUT2D eigenvalue weighted by Crippen LogP contribution is 2.39. The van der Waals surface area contributed by atoms with Gasteiger partial charge in [0.25, 0.3) is 0 Å². The summed E-state index contributed by atoms with van der Waals surface area (Å²) < 4.78 is 0. The summed E-state index contributed by atoms with van der Waals surface area (Å²) in [4.78, 5) is 22.7. The smallest absolute Gasteiger partial charge is 0.404 e. The van der Waals surface area contributed by atoms with Crippen LogP contribution in [0.1, 0.15) is 38.2 Å². The van der Waals surface area contributed by atoms with Crippen LogP contribution < -0.4 is 16.0 Å². The first-order valence-electron chi connectivity index (χ1n) is 8.66. The number of hydrogen-bond acceptors (Lipinski definition) is 3. The summed E-state index contributed by atoms with van der Waals surface area (Å²) in [6, 6.07) is 7.59. The molecule has 1 saturated heterocycles. The highest BCUT2D eigenvalue weighted by atomic mass is 35.5. The molecule has 1 aliphatic rings. The quantitative estimate of drug-likeness (QED) is 0.558. The van der Waals surface area contributed by atoms with Gasteiger partial charge >= 0.3 is 6.09 Å². The Morgan fingerprint density at radius 2 is 2.24 bits per heavy atom. The van der Waals surface area contributed by atoms with E-state index in [1.807, 2.05) is 24.3 Å². The van der Waals surface area contributed by atoms with E-state index in [1.54, 1.807) is 0 Å². The Kier molecular flexibility index (Phi) is 7.08. The van der Waals surface area contributed by atoms with E-state index in [0.29, 0.717) is 24.4 Å². The molecule has 0 aromatic heterocycles. The van der Waals surface area contributed by atoms with Crippen molar-refractivity contribution in [2.45, 2.75) is 38.1 Å². The molecule has 2 rings (SSSR count). The van der Waals surface area contributed by atoms with Gasteiger partial charge < -0.3 is 21.1 Å². The lowest BCUT2D eigenvalue weighted by Gasteiger charge is -2.44. The highest BCUT2D eigenvalue weighted by Gasteiger charge is 2.41. The molecule has 25 heavy (non-hydrogen) atoms. The molecular weight excluding hydrogens is 342 g/mol. The van der Waals surface area contributed by atoms with Gasteiger partial charge in [0.05, 0.1) is 5.54 Å². The zero-order chi connectivity index (χ0) is 18.3. The molecule has 0 radical (unpaired) electrons. The predicted molar refractivity (Wildman–Crippen MR) is 97.8 cm³/mol. The van der Waals surface area contributed by atoms with Crippen LogP contribution >= 0.6 is 11.6 Å². The summed E-state index contributed by atoms with van der Waals surface area (Å²) in [5.41, 5.74) is 0.406. The Morgan fingerprint density at radius 3 is 2.84 bits per heavy atom. The second-order valence-electron chi connectivity index (χ2n) is 6.54. The number of amides is 2. The fraction of sp³-hybridized carbons (Fsp3) is 0.556. The SMILES string of the molecule is CC(=O)N[C@](CCCNC(=O)O)(c1cccc(Cl)c1)[C@@H]1CCCNC1. The second kappa shape index (κ2) is 9.06. The van der Waals surface area contributed by atoms with Gasteiger partial charge in [-0.3, -0.25) is 4.79 Å². The molecule has 0 spiro atoms. The lowest BCUT2D eigenvalue weighted by molar-refractivity contribution is -0.122. The minimum Gasteiger partial charge on any atom is -0.465 e. The number of carboxylic acid groups (broad SMARTS) is 1. The average molecular weight is 368 g/mol. The highest BCUT2D eigenvalue weighted by molar-refractivity contribution is 6.30. The van der Waals surface area contributed by atoms with E-state index in [0.717, 1.165) is 31.5 Å². The fourth-order valence-electron chi connectivity index (χ4n) is 3.74. The topological polar surface area (TPSA) is 90.5 Å². The molecular formula is C18H26ClN3O3. The molecule has 0 unspecified atom stereocenters. The predicted octanol–water partition coefficient (Wildman–Crippen LogP) is 2.72. The number of carbonyl (C=O) groups is 2. The number of hydrogen-bond donors (Lipinski definition) is 4. The normalized spacial score (nSPS) is 19.7. The molecule has 0 aliphatic carbocycles. The van der Waals surface area contributed by atoms with E-state index >= 15 is 0 Å². The van der Waals surface area contributed by atoms with E-state index < -0.39 is 11.6 Å². The van der Waals surface area contributed by atoms with Crippen LogP contribution in [0, 0.1) is 5.92 Å². The molecule has 6 nitrogen and oxygen atoms in total. The van der Waals surface area contributed by atoms with Crippen LogP contribution in [-0.2, 0) is 10.3 Å². The van der Waals surface area contributed by atoms with Crippen molar-refractivity contribution in [3.63, 3.8) is 0 Å². The fourth-order valence-corrected chi connectivity index (χ4v) is 3.93. The molecule has 0 bridgehead atoms. The third-order valence-electron chi connectivity index (χ3n) is 4.76. The second-order valence-corrected chi connectivity index (χ2v) is 6.98. The van der Waals surface area contributed by atoms with E-state index in [1.165, 1.54) is 6.92 Å². The molecule has 2 atom stereocenters. The van der Waals surface area contributed by atoms with Gasteiger partial charge in [0.1, 0.15) is 0 Å². The van der Waals surface area contributed by atoms with Crippen molar-refractivity contribution >= 4 is 23.6 Å². The molecule has 1 aromatic carbocycles. The van der Waals surface area contributed by atoms with Gasteiger partial charge in [-0.1, -0.05) is 23.7 Å². The van der Waals surface area contributed by atoms with Crippen molar-refractivity contribution in [1.29, 1.82) is 0 Å². The van der Waals surface area contributed by atoms with Crippen molar-refractivity contribution in [1.82, 2.24) is 16.0 Å². The number of carbonyl (C=O) groups excluding carboxylic acids is 1. The van der Waals surface area contributed by atoms with Gasteiger partial charge in [0, 0.05) is 25.0 Å². The van der Waals surface area contributed by atoms with Crippen LogP contribution in [0.15, 0.2) is 24.3 Å². The Labute approximate surface area is 153 Å². The van der Waals surface area contributed by atoms with Crippen molar-refractivity contribution in [3.05, 3.63) is 34.9 Å². The van der Waals surface area contributed by atoms with Crippen molar-refractivity contribution < 1.29 is 14.7 Å². The maximum absolute atomic E-state index is 12.0. The maximum atomic E-state index is 12.0. The Balaban J connectivity index is 2.33. The molecule has 1 heterocycles. The zero-order valence-electron chi connectivity index (χ0n) is 14.5. The maximum Gasteiger partial charge on any atom is 0.404 e. The summed E-state index contributed by atoms with van der Waals surface area (Å²) in [5, 5.41) is 18.4. The van der Waals surface area contributed by atoms with Crippen molar-refractivity contribution in [3.8, 4) is 0 Å². The largest absolute Gasteiger partial charge is 0.465 e. The van der Waals surface area contributed by atoms with E-state index in [-0.39, 0.29) is 11.8 Å². The Bertz CT molecular complexity index is 605. The van der Waals surface area contributed by atoms with Gasteiger partial charge in [-0.05, 0) is 55.8 Å². The van der Waals surface area contributed by atoms with Gasteiger partial charge in [-0.15, -0.1) is 0 Å². The molecule has 4 N–H and O–H groups in total. The summed E-state index contributed by atoms with van der Waals surface area (Å²) in [6.07, 6.45) is 2.26. The summed E-state index contributed by atoms with van der Waals surface area (Å²) in [5.74, 6) is 0.116. The minimum absolute atomic E-state index is 0.100. The summed E-state index contributed by atoms with van der Waals surface area (Å²) in [7, 11) is 0. The molecule has 0 saturated carbocycles. The Hall–Kier alpha value is -1.79. The lowest BCUT2D eigenvalue weighted by atomic mass is 9.71. The number of benzene rings is 1. The zero-order valence-corrected chi connectivity index (χ0v) is 15.2.